The van der Waals surface area contributed by atoms with E-state index < -0.39 is 8.07 Å². The van der Waals surface area contributed by atoms with E-state index >= 15 is 0 Å². The van der Waals surface area contributed by atoms with Gasteiger partial charge in [-0.2, -0.15) is 0 Å². The Balaban J connectivity index is 2.16. The third-order valence-corrected chi connectivity index (χ3v) is 7.30. The number of imidazole rings is 1. The molecule has 0 saturated carbocycles. The van der Waals surface area contributed by atoms with Gasteiger partial charge in [-0.05, 0) is 23.0 Å². The standard InChI is InChI=1S/C24H32N2Si/c1-17(2)21-9-8-10-22(18(3)4)23(21)26-16-15-25-24(26)19-11-13-20(14-12-19)27(5,6)7/h8-18H,1-7H3. The molecule has 2 nitrogen and oxygen atoms in total. The summed E-state index contributed by atoms with van der Waals surface area (Å²) in [7, 11) is -1.29. The van der Waals surface area contributed by atoms with E-state index in [2.05, 4.69) is 101 Å². The Hall–Kier alpha value is -2.13. The Morgan fingerprint density at radius 1 is 0.815 bits per heavy atom. The average molecular weight is 377 g/mol. The number of benzene rings is 2. The van der Waals surface area contributed by atoms with Crippen LogP contribution in [0.2, 0.25) is 19.6 Å². The number of para-hydroxylation sites is 1. The van der Waals surface area contributed by atoms with Crippen LogP contribution in [0.5, 0.6) is 0 Å². The first-order chi connectivity index (χ1) is 12.7. The van der Waals surface area contributed by atoms with Crippen molar-refractivity contribution in [1.29, 1.82) is 0 Å². The van der Waals surface area contributed by atoms with Crippen LogP contribution in [-0.2, 0) is 0 Å². The van der Waals surface area contributed by atoms with Gasteiger partial charge in [0.25, 0.3) is 0 Å². The van der Waals surface area contributed by atoms with Gasteiger partial charge in [-0.1, -0.05) is 95.0 Å². The number of aromatic nitrogens is 2. The van der Waals surface area contributed by atoms with Crippen molar-refractivity contribution in [3.05, 3.63) is 66.0 Å². The van der Waals surface area contributed by atoms with Crippen LogP contribution in [0.1, 0.15) is 50.7 Å². The summed E-state index contributed by atoms with van der Waals surface area (Å²) in [4.78, 5) is 4.73. The molecule has 27 heavy (non-hydrogen) atoms. The molecule has 1 aromatic heterocycles. The van der Waals surface area contributed by atoms with Gasteiger partial charge in [0.05, 0.1) is 13.8 Å². The van der Waals surface area contributed by atoms with Gasteiger partial charge in [0.1, 0.15) is 5.82 Å². The number of hydrogen-bond donors (Lipinski definition) is 0. The zero-order valence-corrected chi connectivity index (χ0v) is 18.7. The molecule has 0 N–H and O–H groups in total. The fourth-order valence-electron chi connectivity index (χ4n) is 3.61. The van der Waals surface area contributed by atoms with Gasteiger partial charge in [-0.25, -0.2) is 4.98 Å². The highest BCUT2D eigenvalue weighted by molar-refractivity contribution is 6.88. The van der Waals surface area contributed by atoms with Crippen molar-refractivity contribution in [2.75, 3.05) is 0 Å². The lowest BCUT2D eigenvalue weighted by molar-refractivity contribution is 0.807. The number of nitrogens with zero attached hydrogens (tertiary/aromatic N) is 2. The van der Waals surface area contributed by atoms with Crippen molar-refractivity contribution in [2.24, 2.45) is 0 Å². The summed E-state index contributed by atoms with van der Waals surface area (Å²) in [6, 6.07) is 15.7. The molecule has 0 bridgehead atoms. The third-order valence-electron chi connectivity index (χ3n) is 5.23. The second-order valence-electron chi connectivity index (χ2n) is 9.04. The molecule has 0 spiro atoms. The van der Waals surface area contributed by atoms with Crippen molar-refractivity contribution in [1.82, 2.24) is 9.55 Å². The van der Waals surface area contributed by atoms with Gasteiger partial charge < -0.3 is 0 Å². The van der Waals surface area contributed by atoms with Crippen molar-refractivity contribution >= 4 is 13.3 Å². The molecule has 0 fully saturated rings. The lowest BCUT2D eigenvalue weighted by atomic mass is 9.92. The monoisotopic (exact) mass is 376 g/mol. The Morgan fingerprint density at radius 3 is 1.85 bits per heavy atom. The number of rotatable bonds is 5. The minimum atomic E-state index is -1.29. The van der Waals surface area contributed by atoms with E-state index in [9.17, 15) is 0 Å². The minimum absolute atomic E-state index is 0.461. The predicted octanol–water partition coefficient (Wildman–Crippen LogP) is 6.33. The molecule has 142 valence electrons. The van der Waals surface area contributed by atoms with E-state index in [-0.39, 0.29) is 0 Å². The number of hydrogen-bond acceptors (Lipinski definition) is 1. The van der Waals surface area contributed by atoms with Crippen LogP contribution in [-0.4, -0.2) is 17.6 Å². The Labute approximate surface area is 165 Å². The smallest absolute Gasteiger partial charge is 0.144 e. The summed E-state index contributed by atoms with van der Waals surface area (Å²) in [5, 5.41) is 1.48. The first-order valence-corrected chi connectivity index (χ1v) is 13.5. The van der Waals surface area contributed by atoms with Crippen LogP contribution < -0.4 is 5.19 Å². The lowest BCUT2D eigenvalue weighted by Gasteiger charge is -2.22. The molecule has 0 atom stereocenters. The van der Waals surface area contributed by atoms with Crippen molar-refractivity contribution in [3.8, 4) is 17.1 Å². The zero-order valence-electron chi connectivity index (χ0n) is 17.7. The van der Waals surface area contributed by atoms with E-state index in [1.54, 1.807) is 0 Å². The van der Waals surface area contributed by atoms with Crippen LogP contribution in [0.4, 0.5) is 0 Å². The maximum Gasteiger partial charge on any atom is 0.144 e. The summed E-state index contributed by atoms with van der Waals surface area (Å²) >= 11 is 0. The molecular formula is C24H32N2Si. The molecule has 0 amide bonds. The van der Waals surface area contributed by atoms with Gasteiger partial charge in [0.2, 0.25) is 0 Å². The Morgan fingerprint density at radius 2 is 1.37 bits per heavy atom. The molecule has 2 aromatic carbocycles. The average Bonchev–Trinajstić information content (AvgIpc) is 3.09. The molecule has 3 aromatic rings. The molecule has 3 heteroatoms. The van der Waals surface area contributed by atoms with Crippen LogP contribution in [0.3, 0.4) is 0 Å². The molecule has 3 rings (SSSR count). The quantitative estimate of drug-likeness (QED) is 0.476. The second-order valence-corrected chi connectivity index (χ2v) is 14.1. The normalized spacial score (nSPS) is 12.2. The highest BCUT2D eigenvalue weighted by Gasteiger charge is 2.20. The van der Waals surface area contributed by atoms with E-state index in [1.807, 2.05) is 6.20 Å². The predicted molar refractivity (Wildman–Crippen MR) is 120 cm³/mol. The lowest BCUT2D eigenvalue weighted by Crippen LogP contribution is -2.37. The van der Waals surface area contributed by atoms with Gasteiger partial charge in [0, 0.05) is 18.0 Å². The minimum Gasteiger partial charge on any atom is -0.299 e. The van der Waals surface area contributed by atoms with Crippen molar-refractivity contribution in [2.45, 2.75) is 59.2 Å². The SMILES string of the molecule is CC(C)c1cccc(C(C)C)c1-n1ccnc1-c1ccc([Si](C)(C)C)cc1. The van der Waals surface area contributed by atoms with E-state index in [0.717, 1.165) is 5.82 Å². The summed E-state index contributed by atoms with van der Waals surface area (Å²) in [6.07, 6.45) is 4.03. The van der Waals surface area contributed by atoms with Crippen LogP contribution in [0, 0.1) is 0 Å². The highest BCUT2D eigenvalue weighted by Crippen LogP contribution is 2.33. The third kappa shape index (κ3) is 3.93. The van der Waals surface area contributed by atoms with Crippen LogP contribution >= 0.6 is 0 Å². The van der Waals surface area contributed by atoms with Crippen molar-refractivity contribution < 1.29 is 0 Å². The van der Waals surface area contributed by atoms with Gasteiger partial charge in [-0.3, -0.25) is 4.57 Å². The molecule has 0 radical (unpaired) electrons. The highest BCUT2D eigenvalue weighted by atomic mass is 28.3. The zero-order chi connectivity index (χ0) is 19.8. The Kier molecular flexibility index (Phi) is 5.43. The summed E-state index contributed by atoms with van der Waals surface area (Å²) in [6.45, 7) is 16.2. The fourth-order valence-corrected chi connectivity index (χ4v) is 4.77. The summed E-state index contributed by atoms with van der Waals surface area (Å²) in [5.74, 6) is 1.94. The maximum atomic E-state index is 4.73. The largest absolute Gasteiger partial charge is 0.299 e. The van der Waals surface area contributed by atoms with Crippen LogP contribution in [0.25, 0.3) is 17.1 Å². The van der Waals surface area contributed by atoms with Gasteiger partial charge in [-0.15, -0.1) is 0 Å². The molecule has 1 heterocycles. The molecule has 0 aliphatic carbocycles. The first kappa shape index (κ1) is 19.6. The molecular weight excluding hydrogens is 344 g/mol. The topological polar surface area (TPSA) is 17.8 Å². The van der Waals surface area contributed by atoms with Crippen LogP contribution in [0.15, 0.2) is 54.9 Å². The molecule has 0 saturated heterocycles. The van der Waals surface area contributed by atoms with Crippen molar-refractivity contribution in [3.63, 3.8) is 0 Å². The molecule has 0 unspecified atom stereocenters. The van der Waals surface area contributed by atoms with E-state index in [4.69, 9.17) is 4.98 Å². The van der Waals surface area contributed by atoms with E-state index in [0.29, 0.717) is 11.8 Å². The van der Waals surface area contributed by atoms with E-state index in [1.165, 1.54) is 27.6 Å². The second kappa shape index (κ2) is 7.47. The molecule has 0 aliphatic rings. The van der Waals surface area contributed by atoms with Gasteiger partial charge in [0.15, 0.2) is 0 Å². The Bertz CT molecular complexity index is 886. The fraction of sp³-hybridized carbons (Fsp3) is 0.375. The summed E-state index contributed by atoms with van der Waals surface area (Å²) < 4.78 is 2.29. The van der Waals surface area contributed by atoms with Gasteiger partial charge >= 0.3 is 0 Å². The summed E-state index contributed by atoms with van der Waals surface area (Å²) in [5.41, 5.74) is 5.22. The first-order valence-electron chi connectivity index (χ1n) is 9.97. The maximum absolute atomic E-state index is 4.73. The molecule has 0 aliphatic heterocycles.